The zero-order valence-electron chi connectivity index (χ0n) is 13.7. The zero-order valence-corrected chi connectivity index (χ0v) is 13.7. The van der Waals surface area contributed by atoms with Gasteiger partial charge in [0.2, 0.25) is 0 Å². The van der Waals surface area contributed by atoms with Gasteiger partial charge in [-0.2, -0.15) is 0 Å². The molecule has 0 aromatic carbocycles. The van der Waals surface area contributed by atoms with Crippen LogP contribution in [0.2, 0.25) is 0 Å². The van der Waals surface area contributed by atoms with Gasteiger partial charge in [0.25, 0.3) is 0 Å². The molecule has 5 heteroatoms. The second-order valence-electron chi connectivity index (χ2n) is 5.91. The van der Waals surface area contributed by atoms with Gasteiger partial charge >= 0.3 is 0 Å². The Bertz CT molecular complexity index is 295. The summed E-state index contributed by atoms with van der Waals surface area (Å²) in [6.45, 7) is 2.66. The van der Waals surface area contributed by atoms with E-state index in [1.165, 1.54) is 25.7 Å². The highest BCUT2D eigenvalue weighted by Crippen LogP contribution is 2.18. The molecule has 1 aliphatic rings. The van der Waals surface area contributed by atoms with E-state index in [2.05, 4.69) is 19.1 Å². The van der Waals surface area contributed by atoms with E-state index < -0.39 is 24.4 Å². The van der Waals surface area contributed by atoms with Crippen molar-refractivity contribution in [2.75, 3.05) is 19.8 Å². The number of hydrogen-bond donors (Lipinski definition) is 3. The molecule has 130 valence electrons. The zero-order chi connectivity index (χ0) is 16.2. The maximum absolute atomic E-state index is 9.91. The Morgan fingerprint density at radius 2 is 1.77 bits per heavy atom. The Hall–Kier alpha value is -0.460. The third kappa shape index (κ3) is 7.20. The molecule has 0 saturated carbocycles. The number of aliphatic hydroxyl groups is 3. The van der Waals surface area contributed by atoms with Crippen LogP contribution in [0.1, 0.15) is 51.9 Å². The number of aliphatic hydroxyl groups excluding tert-OH is 3. The van der Waals surface area contributed by atoms with Crippen LogP contribution in [-0.2, 0) is 9.47 Å². The first-order valence-corrected chi connectivity index (χ1v) is 8.55. The molecule has 0 aliphatic carbocycles. The summed E-state index contributed by atoms with van der Waals surface area (Å²) in [6.07, 6.45) is 9.16. The maximum Gasteiger partial charge on any atom is 0.111 e. The summed E-state index contributed by atoms with van der Waals surface area (Å²) < 4.78 is 10.9. The topological polar surface area (TPSA) is 79.2 Å². The van der Waals surface area contributed by atoms with Crippen LogP contribution in [0.25, 0.3) is 0 Å². The molecule has 0 bridgehead atoms. The van der Waals surface area contributed by atoms with Gasteiger partial charge in [-0.3, -0.25) is 0 Å². The lowest BCUT2D eigenvalue weighted by atomic mass is 10.0. The highest BCUT2D eigenvalue weighted by atomic mass is 16.6. The van der Waals surface area contributed by atoms with Crippen LogP contribution in [0.3, 0.4) is 0 Å². The van der Waals surface area contributed by atoms with Gasteiger partial charge in [-0.15, -0.1) is 0 Å². The lowest BCUT2D eigenvalue weighted by Crippen LogP contribution is -2.55. The molecule has 1 rings (SSSR count). The molecule has 1 heterocycles. The van der Waals surface area contributed by atoms with Gasteiger partial charge in [-0.25, -0.2) is 0 Å². The fraction of sp³-hybridized carbons (Fsp3) is 0.882. The maximum atomic E-state index is 9.91. The number of allylic oxidation sites excluding steroid dienone is 2. The second kappa shape index (κ2) is 12.0. The molecule has 0 aromatic heterocycles. The van der Waals surface area contributed by atoms with Crippen molar-refractivity contribution in [1.29, 1.82) is 0 Å². The Morgan fingerprint density at radius 1 is 1.05 bits per heavy atom. The molecule has 5 nitrogen and oxygen atoms in total. The van der Waals surface area contributed by atoms with E-state index in [0.29, 0.717) is 6.61 Å². The third-order valence-electron chi connectivity index (χ3n) is 3.99. The van der Waals surface area contributed by atoms with Gasteiger partial charge in [0.15, 0.2) is 0 Å². The predicted octanol–water partition coefficient (Wildman–Crippen LogP) is 1.79. The molecular formula is C17H32O5. The van der Waals surface area contributed by atoms with Crippen LogP contribution in [0, 0.1) is 0 Å². The molecule has 1 fully saturated rings. The average Bonchev–Trinajstić information content (AvgIpc) is 2.53. The first-order valence-electron chi connectivity index (χ1n) is 8.55. The monoisotopic (exact) mass is 316 g/mol. The van der Waals surface area contributed by atoms with E-state index in [9.17, 15) is 10.2 Å². The molecule has 0 spiro atoms. The number of rotatable bonds is 11. The minimum Gasteiger partial charge on any atom is -0.394 e. The van der Waals surface area contributed by atoms with E-state index in [4.69, 9.17) is 14.6 Å². The Balaban J connectivity index is 2.01. The fourth-order valence-electron chi connectivity index (χ4n) is 2.52. The first kappa shape index (κ1) is 19.6. The standard InChI is InChI=1S/C17H32O5/c1-2-3-4-5-6-7-8-9-10-11-21-15-13-22-14(12-18)16(19)17(15)20/h4-5,14-20H,2-3,6-13H2,1H3/b5-4+/t14-,15+,16-,17-/m0/s1. The molecular weight excluding hydrogens is 284 g/mol. The largest absolute Gasteiger partial charge is 0.394 e. The second-order valence-corrected chi connectivity index (χ2v) is 5.91. The molecule has 3 N–H and O–H groups in total. The van der Waals surface area contributed by atoms with Gasteiger partial charge in [-0.1, -0.05) is 38.3 Å². The smallest absolute Gasteiger partial charge is 0.111 e. The summed E-state index contributed by atoms with van der Waals surface area (Å²) in [5, 5.41) is 28.6. The van der Waals surface area contributed by atoms with Crippen molar-refractivity contribution in [1.82, 2.24) is 0 Å². The van der Waals surface area contributed by atoms with Crippen LogP contribution in [0.5, 0.6) is 0 Å². The van der Waals surface area contributed by atoms with Crippen molar-refractivity contribution in [3.8, 4) is 0 Å². The fourth-order valence-corrected chi connectivity index (χ4v) is 2.52. The molecule has 0 radical (unpaired) electrons. The summed E-state index contributed by atoms with van der Waals surface area (Å²) in [6, 6.07) is 0. The lowest BCUT2D eigenvalue weighted by molar-refractivity contribution is -0.208. The predicted molar refractivity (Wildman–Crippen MR) is 85.7 cm³/mol. The highest BCUT2D eigenvalue weighted by molar-refractivity contribution is 4.87. The van der Waals surface area contributed by atoms with E-state index in [1.807, 2.05) is 0 Å². The number of hydrogen-bond acceptors (Lipinski definition) is 5. The van der Waals surface area contributed by atoms with Crippen molar-refractivity contribution in [3.05, 3.63) is 12.2 Å². The van der Waals surface area contributed by atoms with Crippen LogP contribution in [0.4, 0.5) is 0 Å². The quantitative estimate of drug-likeness (QED) is 0.400. The van der Waals surface area contributed by atoms with Crippen molar-refractivity contribution in [3.63, 3.8) is 0 Å². The SMILES string of the molecule is CCC/C=C/CCCCCCO[C@@H]1CO[C@@H](CO)[C@H](O)[C@H]1O. The minimum atomic E-state index is -1.08. The summed E-state index contributed by atoms with van der Waals surface area (Å²) in [5.74, 6) is 0. The summed E-state index contributed by atoms with van der Waals surface area (Å²) >= 11 is 0. The van der Waals surface area contributed by atoms with E-state index >= 15 is 0 Å². The molecule has 22 heavy (non-hydrogen) atoms. The summed E-state index contributed by atoms with van der Waals surface area (Å²) in [4.78, 5) is 0. The van der Waals surface area contributed by atoms with Crippen molar-refractivity contribution < 1.29 is 24.8 Å². The summed E-state index contributed by atoms with van der Waals surface area (Å²) in [7, 11) is 0. The molecule has 0 amide bonds. The number of unbranched alkanes of at least 4 members (excludes halogenated alkanes) is 5. The number of ether oxygens (including phenoxy) is 2. The molecule has 0 aromatic rings. The van der Waals surface area contributed by atoms with Crippen molar-refractivity contribution in [2.24, 2.45) is 0 Å². The van der Waals surface area contributed by atoms with Gasteiger partial charge in [0.1, 0.15) is 24.4 Å². The molecule has 1 aliphatic heterocycles. The normalized spacial score (nSPS) is 29.3. The van der Waals surface area contributed by atoms with Gasteiger partial charge < -0.3 is 24.8 Å². The van der Waals surface area contributed by atoms with Crippen LogP contribution in [-0.4, -0.2) is 59.6 Å². The van der Waals surface area contributed by atoms with Crippen molar-refractivity contribution >= 4 is 0 Å². The van der Waals surface area contributed by atoms with Gasteiger partial charge in [-0.05, 0) is 25.7 Å². The van der Waals surface area contributed by atoms with E-state index in [1.54, 1.807) is 0 Å². The van der Waals surface area contributed by atoms with E-state index in [0.717, 1.165) is 19.3 Å². The Morgan fingerprint density at radius 3 is 2.50 bits per heavy atom. The average molecular weight is 316 g/mol. The minimum absolute atomic E-state index is 0.214. The highest BCUT2D eigenvalue weighted by Gasteiger charge is 2.38. The molecule has 1 saturated heterocycles. The van der Waals surface area contributed by atoms with E-state index in [-0.39, 0.29) is 13.2 Å². The Kier molecular flexibility index (Phi) is 10.7. The van der Waals surface area contributed by atoms with Gasteiger partial charge in [0, 0.05) is 6.61 Å². The van der Waals surface area contributed by atoms with Gasteiger partial charge in [0.05, 0.1) is 13.2 Å². The summed E-state index contributed by atoms with van der Waals surface area (Å²) in [5.41, 5.74) is 0. The van der Waals surface area contributed by atoms with Crippen molar-refractivity contribution in [2.45, 2.75) is 76.3 Å². The molecule has 0 unspecified atom stereocenters. The van der Waals surface area contributed by atoms with Crippen LogP contribution >= 0.6 is 0 Å². The Labute approximate surface area is 133 Å². The first-order chi connectivity index (χ1) is 10.7. The lowest BCUT2D eigenvalue weighted by Gasteiger charge is -2.36. The van der Waals surface area contributed by atoms with Crippen LogP contribution < -0.4 is 0 Å². The van der Waals surface area contributed by atoms with Crippen LogP contribution in [0.15, 0.2) is 12.2 Å². The third-order valence-corrected chi connectivity index (χ3v) is 3.99. The molecule has 4 atom stereocenters.